The van der Waals surface area contributed by atoms with Crippen LogP contribution in [-0.4, -0.2) is 30.0 Å². The molecule has 2 rings (SSSR count). The molecule has 20 heavy (non-hydrogen) atoms. The summed E-state index contributed by atoms with van der Waals surface area (Å²) in [5.41, 5.74) is 1.77. The van der Waals surface area contributed by atoms with Crippen molar-refractivity contribution in [2.45, 2.75) is 32.1 Å². The second kappa shape index (κ2) is 7.53. The second-order valence-corrected chi connectivity index (χ2v) is 4.87. The Morgan fingerprint density at radius 1 is 1.35 bits per heavy atom. The third kappa shape index (κ3) is 4.57. The molecule has 5 heteroatoms. The fraction of sp³-hybridized carbons (Fsp3) is 0.467. The largest absolute Gasteiger partial charge is 0.451 e. The lowest BCUT2D eigenvalue weighted by molar-refractivity contribution is -0.124. The highest BCUT2D eigenvalue weighted by Crippen LogP contribution is 2.19. The minimum Gasteiger partial charge on any atom is -0.451 e. The van der Waals surface area contributed by atoms with E-state index in [9.17, 15) is 9.59 Å². The number of carbonyl (C=O) groups excluding carboxylic acids is 2. The maximum Gasteiger partial charge on any atom is 0.355 e. The zero-order valence-electron chi connectivity index (χ0n) is 11.5. The van der Waals surface area contributed by atoms with E-state index in [1.807, 2.05) is 0 Å². The van der Waals surface area contributed by atoms with Crippen molar-refractivity contribution in [1.29, 1.82) is 0 Å². The molecule has 1 heterocycles. The average Bonchev–Trinajstić information content (AvgIpc) is 3.00. The van der Waals surface area contributed by atoms with Crippen molar-refractivity contribution >= 4 is 11.9 Å². The smallest absolute Gasteiger partial charge is 0.355 e. The van der Waals surface area contributed by atoms with Crippen LogP contribution in [0.5, 0.6) is 0 Å². The summed E-state index contributed by atoms with van der Waals surface area (Å²) in [6.45, 7) is 0.363. The number of nitrogens with one attached hydrogen (secondary N) is 2. The van der Waals surface area contributed by atoms with Gasteiger partial charge in [-0.2, -0.15) is 0 Å². The third-order valence-corrected chi connectivity index (χ3v) is 3.31. The normalized spacial score (nSPS) is 14.5. The molecule has 1 aliphatic carbocycles. The minimum absolute atomic E-state index is 0.239. The standard InChI is InChI=1S/C15H20N2O3/c18-14(11-20-15(19)13-7-4-9-16-13)17-10-8-12-5-2-1-3-6-12/h4-5,7,9,16H,1-3,6,8,10-11H2,(H,17,18). The van der Waals surface area contributed by atoms with Gasteiger partial charge in [0.15, 0.2) is 6.61 Å². The van der Waals surface area contributed by atoms with E-state index in [-0.39, 0.29) is 12.5 Å². The number of hydrogen-bond donors (Lipinski definition) is 2. The number of aromatic amines is 1. The summed E-state index contributed by atoms with van der Waals surface area (Å²) in [4.78, 5) is 25.8. The highest BCUT2D eigenvalue weighted by molar-refractivity contribution is 5.89. The molecule has 1 aromatic heterocycles. The first kappa shape index (κ1) is 14.4. The van der Waals surface area contributed by atoms with Gasteiger partial charge >= 0.3 is 5.97 Å². The molecule has 0 radical (unpaired) electrons. The van der Waals surface area contributed by atoms with Crippen molar-refractivity contribution in [3.8, 4) is 0 Å². The van der Waals surface area contributed by atoms with Crippen molar-refractivity contribution in [2.75, 3.05) is 13.2 Å². The van der Waals surface area contributed by atoms with Gasteiger partial charge in [-0.25, -0.2) is 4.79 Å². The number of allylic oxidation sites excluding steroid dienone is 1. The molecule has 0 atom stereocenters. The van der Waals surface area contributed by atoms with E-state index in [1.54, 1.807) is 18.3 Å². The van der Waals surface area contributed by atoms with Crippen molar-refractivity contribution < 1.29 is 14.3 Å². The zero-order chi connectivity index (χ0) is 14.2. The van der Waals surface area contributed by atoms with Gasteiger partial charge in [-0.15, -0.1) is 0 Å². The van der Waals surface area contributed by atoms with Crippen molar-refractivity contribution in [2.24, 2.45) is 0 Å². The van der Waals surface area contributed by atoms with Crippen LogP contribution in [0.2, 0.25) is 0 Å². The number of aromatic nitrogens is 1. The maximum atomic E-state index is 11.5. The predicted molar refractivity (Wildman–Crippen MR) is 75.3 cm³/mol. The number of ether oxygens (including phenoxy) is 1. The lowest BCUT2D eigenvalue weighted by atomic mass is 9.97. The van der Waals surface area contributed by atoms with Crippen LogP contribution in [-0.2, 0) is 9.53 Å². The Kier molecular flexibility index (Phi) is 5.41. The van der Waals surface area contributed by atoms with Crippen LogP contribution in [0, 0.1) is 0 Å². The molecular formula is C15H20N2O3. The molecular weight excluding hydrogens is 256 g/mol. The molecule has 1 aliphatic rings. The molecule has 108 valence electrons. The second-order valence-electron chi connectivity index (χ2n) is 4.87. The van der Waals surface area contributed by atoms with Gasteiger partial charge in [-0.1, -0.05) is 11.6 Å². The van der Waals surface area contributed by atoms with Gasteiger partial charge in [-0.05, 0) is 44.2 Å². The van der Waals surface area contributed by atoms with Crippen LogP contribution in [0.4, 0.5) is 0 Å². The summed E-state index contributed by atoms with van der Waals surface area (Å²) >= 11 is 0. The molecule has 0 aliphatic heterocycles. The molecule has 0 saturated carbocycles. The SMILES string of the molecule is O=C(COC(=O)c1ccc[nH]1)NCCC1=CCCCC1. The highest BCUT2D eigenvalue weighted by Gasteiger charge is 2.10. The van der Waals surface area contributed by atoms with Crippen molar-refractivity contribution in [3.05, 3.63) is 35.7 Å². The first-order chi connectivity index (χ1) is 9.75. The summed E-state index contributed by atoms with van der Waals surface area (Å²) in [6, 6.07) is 3.31. The van der Waals surface area contributed by atoms with E-state index in [0.29, 0.717) is 12.2 Å². The molecule has 0 bridgehead atoms. The van der Waals surface area contributed by atoms with E-state index < -0.39 is 5.97 Å². The predicted octanol–water partition coefficient (Wildman–Crippen LogP) is 2.18. The van der Waals surface area contributed by atoms with Gasteiger partial charge in [0.2, 0.25) is 0 Å². The van der Waals surface area contributed by atoms with Crippen LogP contribution in [0.3, 0.4) is 0 Å². The number of hydrogen-bond acceptors (Lipinski definition) is 3. The molecule has 5 nitrogen and oxygen atoms in total. The Bertz CT molecular complexity index is 477. The summed E-state index contributed by atoms with van der Waals surface area (Å²) in [7, 11) is 0. The van der Waals surface area contributed by atoms with E-state index in [2.05, 4.69) is 16.4 Å². The minimum atomic E-state index is -0.514. The molecule has 2 N–H and O–H groups in total. The van der Waals surface area contributed by atoms with E-state index in [0.717, 1.165) is 19.3 Å². The number of H-pyrrole nitrogens is 1. The third-order valence-electron chi connectivity index (χ3n) is 3.31. The average molecular weight is 276 g/mol. The highest BCUT2D eigenvalue weighted by atomic mass is 16.5. The summed E-state index contributed by atoms with van der Waals surface area (Å²) < 4.78 is 4.89. The molecule has 0 unspecified atom stereocenters. The molecule has 1 amide bonds. The zero-order valence-corrected chi connectivity index (χ0v) is 11.5. The van der Waals surface area contributed by atoms with Gasteiger partial charge in [-0.3, -0.25) is 4.79 Å². The first-order valence-electron chi connectivity index (χ1n) is 7.01. The Morgan fingerprint density at radius 2 is 2.25 bits per heavy atom. The number of esters is 1. The summed E-state index contributed by atoms with van der Waals surface area (Å²) in [5, 5.41) is 2.76. The monoisotopic (exact) mass is 276 g/mol. The molecule has 0 saturated heterocycles. The van der Waals surface area contributed by atoms with Crippen LogP contribution in [0.25, 0.3) is 0 Å². The molecule has 1 aromatic rings. The Balaban J connectivity index is 1.60. The number of carbonyl (C=O) groups is 2. The van der Waals surface area contributed by atoms with Gasteiger partial charge in [0.25, 0.3) is 5.91 Å². The van der Waals surface area contributed by atoms with Gasteiger partial charge in [0, 0.05) is 12.7 Å². The van der Waals surface area contributed by atoms with Crippen LogP contribution < -0.4 is 5.32 Å². The fourth-order valence-electron chi connectivity index (χ4n) is 2.21. The Hall–Kier alpha value is -2.04. The number of amides is 1. The van der Waals surface area contributed by atoms with E-state index in [1.165, 1.54) is 18.4 Å². The van der Waals surface area contributed by atoms with E-state index in [4.69, 9.17) is 4.74 Å². The quantitative estimate of drug-likeness (QED) is 0.618. The van der Waals surface area contributed by atoms with Gasteiger partial charge in [0.1, 0.15) is 5.69 Å². The Labute approximate surface area is 118 Å². The van der Waals surface area contributed by atoms with Gasteiger partial charge in [0.05, 0.1) is 0 Å². The molecule has 0 spiro atoms. The lowest BCUT2D eigenvalue weighted by Crippen LogP contribution is -2.29. The van der Waals surface area contributed by atoms with Crippen molar-refractivity contribution in [3.63, 3.8) is 0 Å². The number of rotatable bonds is 6. The first-order valence-corrected chi connectivity index (χ1v) is 7.01. The van der Waals surface area contributed by atoms with Crippen molar-refractivity contribution in [1.82, 2.24) is 10.3 Å². The summed E-state index contributed by atoms with van der Waals surface area (Å²) in [6.07, 6.45) is 9.58. The molecule has 0 fully saturated rings. The fourth-order valence-corrected chi connectivity index (χ4v) is 2.21. The van der Waals surface area contributed by atoms with Crippen LogP contribution in [0.15, 0.2) is 30.0 Å². The van der Waals surface area contributed by atoms with Crippen LogP contribution in [0.1, 0.15) is 42.6 Å². The van der Waals surface area contributed by atoms with Gasteiger partial charge < -0.3 is 15.0 Å². The lowest BCUT2D eigenvalue weighted by Gasteiger charge is -2.12. The summed E-state index contributed by atoms with van der Waals surface area (Å²) in [5.74, 6) is -0.776. The maximum absolute atomic E-state index is 11.5. The van der Waals surface area contributed by atoms with E-state index >= 15 is 0 Å². The Morgan fingerprint density at radius 3 is 2.95 bits per heavy atom. The topological polar surface area (TPSA) is 71.2 Å². The van der Waals surface area contributed by atoms with Crippen LogP contribution >= 0.6 is 0 Å². The molecule has 0 aromatic carbocycles.